The van der Waals surface area contributed by atoms with Gasteiger partial charge in [0.05, 0.1) is 12.6 Å². The maximum atomic E-state index is 13.7. The zero-order valence-corrected chi connectivity index (χ0v) is 22.1. The first-order valence-corrected chi connectivity index (χ1v) is 14.3. The highest BCUT2D eigenvalue weighted by molar-refractivity contribution is 7.92. The maximum absolute atomic E-state index is 13.7. The van der Waals surface area contributed by atoms with E-state index in [-0.39, 0.29) is 31.0 Å². The molecule has 35 heavy (non-hydrogen) atoms. The minimum atomic E-state index is -3.78. The van der Waals surface area contributed by atoms with Crippen LogP contribution >= 0.6 is 11.3 Å². The molecule has 0 N–H and O–H groups in total. The highest BCUT2D eigenvalue weighted by Crippen LogP contribution is 2.38. The van der Waals surface area contributed by atoms with E-state index in [1.54, 1.807) is 17.4 Å². The minimum Gasteiger partial charge on any atom is -0.330 e. The largest absolute Gasteiger partial charge is 0.330 e. The SMILES string of the molecule is Cc1ccc(C2c3ccsc3CCN2C(=O)CN(CC(C)C)S(=O)(=O)C=Cc2ccccc2)cc1. The zero-order chi connectivity index (χ0) is 25.0. The predicted octanol–water partition coefficient (Wildman–Crippen LogP) is 5.49. The lowest BCUT2D eigenvalue weighted by Crippen LogP contribution is -2.47. The number of carbonyl (C=O) groups is 1. The predicted molar refractivity (Wildman–Crippen MR) is 144 cm³/mol. The molecular formula is C28H32N2O3S2. The molecule has 0 fully saturated rings. The molecule has 184 valence electrons. The number of nitrogens with zero attached hydrogens (tertiary/aromatic N) is 2. The second kappa shape index (κ2) is 10.9. The van der Waals surface area contributed by atoms with Crippen molar-refractivity contribution in [3.63, 3.8) is 0 Å². The van der Waals surface area contributed by atoms with Gasteiger partial charge in [-0.3, -0.25) is 4.79 Å². The first-order valence-electron chi connectivity index (χ1n) is 11.9. The summed E-state index contributed by atoms with van der Waals surface area (Å²) in [4.78, 5) is 16.8. The summed E-state index contributed by atoms with van der Waals surface area (Å²) in [7, 11) is -3.78. The molecule has 0 saturated carbocycles. The molecule has 1 atom stereocenters. The van der Waals surface area contributed by atoms with Gasteiger partial charge in [0.15, 0.2) is 0 Å². The summed E-state index contributed by atoms with van der Waals surface area (Å²) >= 11 is 1.72. The Bertz CT molecular complexity index is 1280. The van der Waals surface area contributed by atoms with Crippen LogP contribution in [0.15, 0.2) is 71.5 Å². The van der Waals surface area contributed by atoms with Crippen LogP contribution in [0, 0.1) is 12.8 Å². The number of rotatable bonds is 8. The van der Waals surface area contributed by atoms with Crippen LogP contribution in [0.3, 0.4) is 0 Å². The Hall–Kier alpha value is -2.74. The summed E-state index contributed by atoms with van der Waals surface area (Å²) in [6.07, 6.45) is 2.37. The molecule has 1 unspecified atom stereocenters. The van der Waals surface area contributed by atoms with Crippen LogP contribution in [0.1, 0.15) is 47.0 Å². The molecule has 0 spiro atoms. The van der Waals surface area contributed by atoms with Gasteiger partial charge in [-0.1, -0.05) is 74.0 Å². The topological polar surface area (TPSA) is 57.7 Å². The van der Waals surface area contributed by atoms with E-state index in [1.807, 2.05) is 56.0 Å². The quantitative estimate of drug-likeness (QED) is 0.404. The van der Waals surface area contributed by atoms with Gasteiger partial charge < -0.3 is 4.90 Å². The molecule has 0 bridgehead atoms. The second-order valence-electron chi connectivity index (χ2n) is 9.39. The number of benzene rings is 2. The Kier molecular flexibility index (Phi) is 7.89. The van der Waals surface area contributed by atoms with Gasteiger partial charge in [-0.2, -0.15) is 4.31 Å². The third kappa shape index (κ3) is 6.10. The highest BCUT2D eigenvalue weighted by atomic mass is 32.2. The number of hydrogen-bond acceptors (Lipinski definition) is 4. The van der Waals surface area contributed by atoms with Crippen LogP contribution in [-0.2, 0) is 21.2 Å². The van der Waals surface area contributed by atoms with Crippen molar-refractivity contribution < 1.29 is 13.2 Å². The van der Waals surface area contributed by atoms with Crippen molar-refractivity contribution >= 4 is 33.3 Å². The third-order valence-electron chi connectivity index (χ3n) is 6.15. The molecule has 2 aromatic carbocycles. The van der Waals surface area contributed by atoms with E-state index in [9.17, 15) is 13.2 Å². The van der Waals surface area contributed by atoms with Crippen molar-refractivity contribution in [2.45, 2.75) is 33.2 Å². The van der Waals surface area contributed by atoms with Gasteiger partial charge >= 0.3 is 0 Å². The van der Waals surface area contributed by atoms with Gasteiger partial charge in [-0.05, 0) is 53.5 Å². The fraction of sp³-hybridized carbons (Fsp3) is 0.321. The monoisotopic (exact) mass is 508 g/mol. The summed E-state index contributed by atoms with van der Waals surface area (Å²) in [5.41, 5.74) is 4.14. The van der Waals surface area contributed by atoms with E-state index in [0.29, 0.717) is 6.54 Å². The molecule has 0 aliphatic carbocycles. The van der Waals surface area contributed by atoms with Crippen LogP contribution in [0.5, 0.6) is 0 Å². The molecule has 1 aliphatic heterocycles. The second-order valence-corrected chi connectivity index (χ2v) is 12.2. The molecular weight excluding hydrogens is 476 g/mol. The van der Waals surface area contributed by atoms with Crippen LogP contribution in [0.25, 0.3) is 6.08 Å². The molecule has 2 heterocycles. The van der Waals surface area contributed by atoms with E-state index in [0.717, 1.165) is 28.7 Å². The highest BCUT2D eigenvalue weighted by Gasteiger charge is 2.35. The number of aryl methyl sites for hydroxylation is 1. The summed E-state index contributed by atoms with van der Waals surface area (Å²) in [5.74, 6) is -0.0924. The van der Waals surface area contributed by atoms with E-state index < -0.39 is 10.0 Å². The molecule has 3 aromatic rings. The molecule has 4 rings (SSSR count). The lowest BCUT2D eigenvalue weighted by atomic mass is 9.92. The van der Waals surface area contributed by atoms with E-state index in [4.69, 9.17) is 0 Å². The first kappa shape index (κ1) is 25.4. The van der Waals surface area contributed by atoms with Crippen molar-refractivity contribution in [3.8, 4) is 0 Å². The van der Waals surface area contributed by atoms with Crippen LogP contribution < -0.4 is 0 Å². The van der Waals surface area contributed by atoms with Gasteiger partial charge in [0.25, 0.3) is 0 Å². The van der Waals surface area contributed by atoms with Crippen molar-refractivity contribution in [3.05, 3.63) is 98.6 Å². The number of hydrogen-bond donors (Lipinski definition) is 0. The molecule has 0 saturated heterocycles. The number of amides is 1. The average Bonchev–Trinajstić information content (AvgIpc) is 3.32. The fourth-order valence-electron chi connectivity index (χ4n) is 4.42. The van der Waals surface area contributed by atoms with Crippen molar-refractivity contribution in [1.82, 2.24) is 9.21 Å². The van der Waals surface area contributed by atoms with E-state index >= 15 is 0 Å². The lowest BCUT2D eigenvalue weighted by molar-refractivity contribution is -0.133. The normalized spacial score (nSPS) is 16.3. The lowest BCUT2D eigenvalue weighted by Gasteiger charge is -2.37. The van der Waals surface area contributed by atoms with Gasteiger partial charge in [-0.25, -0.2) is 8.42 Å². The first-order chi connectivity index (χ1) is 16.7. The van der Waals surface area contributed by atoms with E-state index in [2.05, 4.69) is 35.7 Å². The maximum Gasteiger partial charge on any atom is 0.238 e. The third-order valence-corrected chi connectivity index (χ3v) is 8.63. The number of sulfonamides is 1. The van der Waals surface area contributed by atoms with Gasteiger partial charge in [0.2, 0.25) is 15.9 Å². The van der Waals surface area contributed by atoms with Crippen molar-refractivity contribution in [2.24, 2.45) is 5.92 Å². The summed E-state index contributed by atoms with van der Waals surface area (Å²) in [6.45, 7) is 6.63. The number of fused-ring (bicyclic) bond motifs is 1. The molecule has 7 heteroatoms. The fourth-order valence-corrected chi connectivity index (χ4v) is 6.62. The van der Waals surface area contributed by atoms with E-state index in [1.165, 1.54) is 14.6 Å². The molecule has 5 nitrogen and oxygen atoms in total. The van der Waals surface area contributed by atoms with Gasteiger partial charge in [0, 0.05) is 23.4 Å². The summed E-state index contributed by atoms with van der Waals surface area (Å²) in [6, 6.07) is 19.4. The van der Waals surface area contributed by atoms with Crippen LogP contribution in [0.2, 0.25) is 0 Å². The Morgan fingerprint density at radius 3 is 2.51 bits per heavy atom. The van der Waals surface area contributed by atoms with Crippen LogP contribution in [-0.4, -0.2) is 43.2 Å². The average molecular weight is 509 g/mol. The molecule has 1 amide bonds. The van der Waals surface area contributed by atoms with Crippen LogP contribution in [0.4, 0.5) is 0 Å². The van der Waals surface area contributed by atoms with Crippen molar-refractivity contribution in [1.29, 1.82) is 0 Å². The molecule has 0 radical (unpaired) electrons. The minimum absolute atomic E-state index is 0.0837. The summed E-state index contributed by atoms with van der Waals surface area (Å²) < 4.78 is 27.9. The Morgan fingerprint density at radius 1 is 1.11 bits per heavy atom. The summed E-state index contributed by atoms with van der Waals surface area (Å²) in [5, 5.41) is 3.28. The Morgan fingerprint density at radius 2 is 1.83 bits per heavy atom. The number of thiophene rings is 1. The Balaban J connectivity index is 1.61. The molecule has 1 aromatic heterocycles. The number of carbonyl (C=O) groups excluding carboxylic acids is 1. The Labute approximate surface area is 212 Å². The van der Waals surface area contributed by atoms with Crippen molar-refractivity contribution in [2.75, 3.05) is 19.6 Å². The van der Waals surface area contributed by atoms with Gasteiger partial charge in [0.1, 0.15) is 0 Å². The molecule has 1 aliphatic rings. The zero-order valence-electron chi connectivity index (χ0n) is 20.4. The standard InChI is InChI=1S/C28H32N2O3S2/c1-21(2)19-29(35(32,33)18-15-23-7-5-4-6-8-23)20-27(31)30-16-13-26-25(14-17-34-26)28(30)24-11-9-22(3)10-12-24/h4-12,14-15,17-18,21,28H,13,16,19-20H2,1-3H3. The van der Waals surface area contributed by atoms with Gasteiger partial charge in [-0.15, -0.1) is 11.3 Å². The smallest absolute Gasteiger partial charge is 0.238 e.